The number of nitro benzene ring substituents is 1. The first-order chi connectivity index (χ1) is 16.9. The molecule has 3 aliphatic rings. The third-order valence-electron chi connectivity index (χ3n) is 8.27. The molecular weight excluding hydrogens is 464 g/mol. The largest absolute Gasteiger partial charge is 0.507 e. The van der Waals surface area contributed by atoms with Gasteiger partial charge >= 0.3 is 0 Å². The summed E-state index contributed by atoms with van der Waals surface area (Å²) in [7, 11) is 0. The Kier molecular flexibility index (Phi) is 5.68. The van der Waals surface area contributed by atoms with Gasteiger partial charge in [-0.05, 0) is 67.5 Å². The highest BCUT2D eigenvalue weighted by Crippen LogP contribution is 2.60. The number of fused-ring (bicyclic) bond motifs is 3. The molecule has 2 aromatic carbocycles. The van der Waals surface area contributed by atoms with E-state index in [4.69, 9.17) is 4.74 Å². The van der Waals surface area contributed by atoms with Crippen LogP contribution in [0.2, 0.25) is 0 Å². The Hall–Kier alpha value is -3.30. The zero-order chi connectivity index (χ0) is 26.1. The van der Waals surface area contributed by atoms with Gasteiger partial charge in [-0.3, -0.25) is 19.7 Å². The van der Waals surface area contributed by atoms with Gasteiger partial charge in [0.1, 0.15) is 5.75 Å². The molecule has 6 atom stereocenters. The number of benzene rings is 2. The fourth-order valence-corrected chi connectivity index (χ4v) is 6.55. The van der Waals surface area contributed by atoms with Gasteiger partial charge in [0.15, 0.2) is 5.79 Å². The van der Waals surface area contributed by atoms with Gasteiger partial charge in [0, 0.05) is 24.0 Å². The van der Waals surface area contributed by atoms with E-state index in [9.17, 15) is 29.9 Å². The highest BCUT2D eigenvalue weighted by molar-refractivity contribution is 6.22. The molecule has 2 aliphatic heterocycles. The van der Waals surface area contributed by atoms with Gasteiger partial charge in [-0.2, -0.15) is 0 Å². The topological polar surface area (TPSA) is 130 Å². The van der Waals surface area contributed by atoms with Crippen molar-refractivity contribution >= 4 is 23.2 Å². The summed E-state index contributed by atoms with van der Waals surface area (Å²) in [6, 6.07) is 9.16. The molecule has 1 saturated carbocycles. The first kappa shape index (κ1) is 24.4. The second-order valence-electron chi connectivity index (χ2n) is 10.7. The molecule has 9 nitrogen and oxygen atoms in total. The number of hydrogen-bond donors (Lipinski definition) is 2. The Morgan fingerprint density at radius 3 is 2.39 bits per heavy atom. The average Bonchev–Trinajstić information content (AvgIpc) is 3.30. The molecule has 36 heavy (non-hydrogen) atoms. The number of aromatic hydroxyl groups is 1. The fourth-order valence-electron chi connectivity index (χ4n) is 6.55. The number of phenols is 1. The van der Waals surface area contributed by atoms with E-state index in [0.29, 0.717) is 17.5 Å². The number of aryl methyl sites for hydroxylation is 2. The lowest BCUT2D eigenvalue weighted by molar-refractivity contribution is -0.384. The lowest BCUT2D eigenvalue weighted by Gasteiger charge is -2.46. The number of carbonyl (C=O) groups excluding carboxylic acids is 2. The van der Waals surface area contributed by atoms with Gasteiger partial charge in [-0.1, -0.05) is 19.9 Å². The first-order valence-corrected chi connectivity index (χ1v) is 12.3. The molecule has 2 amide bonds. The minimum Gasteiger partial charge on any atom is -0.507 e. The first-order valence-electron chi connectivity index (χ1n) is 12.3. The zero-order valence-electron chi connectivity index (χ0n) is 20.7. The number of rotatable bonds is 4. The molecule has 2 N–H and O–H groups in total. The van der Waals surface area contributed by atoms with Gasteiger partial charge in [0.25, 0.3) is 5.69 Å². The number of anilines is 1. The predicted molar refractivity (Wildman–Crippen MR) is 130 cm³/mol. The molecule has 190 valence electrons. The summed E-state index contributed by atoms with van der Waals surface area (Å²) in [4.78, 5) is 39.1. The fraction of sp³-hybridized carbons (Fsp3) is 0.481. The van der Waals surface area contributed by atoms with Crippen molar-refractivity contribution in [3.63, 3.8) is 0 Å². The van der Waals surface area contributed by atoms with E-state index in [2.05, 4.69) is 0 Å². The maximum atomic E-state index is 13.7. The lowest BCUT2D eigenvalue weighted by Crippen LogP contribution is -2.55. The number of aliphatic hydroxyl groups is 1. The number of phenolic OH excluding ortho intramolecular Hbond substituents is 1. The van der Waals surface area contributed by atoms with Gasteiger partial charge in [0.2, 0.25) is 11.8 Å². The zero-order valence-corrected chi connectivity index (χ0v) is 20.7. The molecule has 2 heterocycles. The molecule has 2 aromatic rings. The van der Waals surface area contributed by atoms with Crippen LogP contribution in [-0.4, -0.2) is 32.7 Å². The average molecular weight is 495 g/mol. The third kappa shape index (κ3) is 3.52. The highest BCUT2D eigenvalue weighted by Gasteiger charge is 2.67. The van der Waals surface area contributed by atoms with E-state index in [1.807, 2.05) is 26.0 Å². The lowest BCUT2D eigenvalue weighted by atomic mass is 9.62. The number of amides is 2. The normalized spacial score (nSPS) is 31.6. The molecule has 9 heteroatoms. The Morgan fingerprint density at radius 1 is 1.11 bits per heavy atom. The molecule has 0 spiro atoms. The van der Waals surface area contributed by atoms with Crippen LogP contribution in [0.25, 0.3) is 0 Å². The number of hydrogen-bond acceptors (Lipinski definition) is 7. The molecule has 3 fully saturated rings. The van der Waals surface area contributed by atoms with E-state index < -0.39 is 46.4 Å². The number of ether oxygens (including phenoxy) is 1. The number of non-ortho nitro benzene ring substituents is 1. The van der Waals surface area contributed by atoms with Gasteiger partial charge in [-0.25, -0.2) is 4.90 Å². The number of imide groups is 1. The summed E-state index contributed by atoms with van der Waals surface area (Å²) < 4.78 is 6.35. The van der Waals surface area contributed by atoms with Crippen molar-refractivity contribution in [2.75, 3.05) is 4.90 Å². The van der Waals surface area contributed by atoms with E-state index in [-0.39, 0.29) is 35.4 Å². The SMILES string of the molecule is Cc1cc([C@@H]2C[C@H]3[C@H]4C(=O)N(c5cccc([N+](=O)[O-])c5)C(=O)[C@H]4C[C@H](C(C)C)[C@@]3(O)O2)cc(C)c1O. The van der Waals surface area contributed by atoms with Crippen molar-refractivity contribution in [3.05, 3.63) is 63.2 Å². The Bertz CT molecular complexity index is 1250. The molecular formula is C27H30N2O7. The molecule has 0 unspecified atom stereocenters. The molecule has 1 aliphatic carbocycles. The Labute approximate surface area is 208 Å². The molecule has 0 bridgehead atoms. The third-order valence-corrected chi connectivity index (χ3v) is 8.27. The Balaban J connectivity index is 1.55. The van der Waals surface area contributed by atoms with Gasteiger partial charge < -0.3 is 14.9 Å². The van der Waals surface area contributed by atoms with Crippen molar-refractivity contribution in [3.8, 4) is 5.75 Å². The second kappa shape index (κ2) is 8.38. The van der Waals surface area contributed by atoms with Crippen molar-refractivity contribution in [1.82, 2.24) is 0 Å². The van der Waals surface area contributed by atoms with Crippen molar-refractivity contribution in [1.29, 1.82) is 0 Å². The highest BCUT2D eigenvalue weighted by atomic mass is 16.6. The Morgan fingerprint density at radius 2 is 1.78 bits per heavy atom. The number of nitro groups is 1. The van der Waals surface area contributed by atoms with Crippen LogP contribution in [0.15, 0.2) is 36.4 Å². The maximum absolute atomic E-state index is 13.7. The van der Waals surface area contributed by atoms with Crippen molar-refractivity contribution in [2.45, 2.75) is 52.4 Å². The smallest absolute Gasteiger partial charge is 0.271 e. The minimum atomic E-state index is -1.60. The van der Waals surface area contributed by atoms with E-state index in [0.717, 1.165) is 10.5 Å². The van der Waals surface area contributed by atoms with Crippen LogP contribution in [0.3, 0.4) is 0 Å². The second-order valence-corrected chi connectivity index (χ2v) is 10.7. The summed E-state index contributed by atoms with van der Waals surface area (Å²) in [5.41, 5.74) is 2.15. The van der Waals surface area contributed by atoms with E-state index >= 15 is 0 Å². The maximum Gasteiger partial charge on any atom is 0.271 e. The van der Waals surface area contributed by atoms with E-state index in [1.165, 1.54) is 24.3 Å². The summed E-state index contributed by atoms with van der Waals surface area (Å²) >= 11 is 0. The van der Waals surface area contributed by atoms with E-state index in [1.54, 1.807) is 13.8 Å². The van der Waals surface area contributed by atoms with Gasteiger partial charge in [-0.15, -0.1) is 0 Å². The van der Waals surface area contributed by atoms with Crippen molar-refractivity contribution in [2.24, 2.45) is 29.6 Å². The molecule has 2 saturated heterocycles. The standard InChI is InChI=1S/C27H30N2O7/c1-13(2)20-11-19-23(26(32)28(25(19)31)17-6-5-7-18(10-17)29(34)35)21-12-22(36-27(20,21)33)16-8-14(3)24(30)15(4)9-16/h5-10,13,19-23,30,33H,11-12H2,1-4H3/t19-,20+,21-,22-,23-,27+/m0/s1. The summed E-state index contributed by atoms with van der Waals surface area (Å²) in [5, 5.41) is 33.4. The monoisotopic (exact) mass is 494 g/mol. The molecule has 0 aromatic heterocycles. The number of nitrogens with zero attached hydrogens (tertiary/aromatic N) is 2. The van der Waals surface area contributed by atoms with Crippen LogP contribution in [0.1, 0.15) is 49.5 Å². The van der Waals surface area contributed by atoms with Crippen LogP contribution < -0.4 is 4.90 Å². The summed E-state index contributed by atoms with van der Waals surface area (Å²) in [5.74, 6) is -4.70. The van der Waals surface area contributed by atoms with Gasteiger partial charge in [0.05, 0.1) is 28.6 Å². The van der Waals surface area contributed by atoms with Crippen LogP contribution in [0, 0.1) is 53.6 Å². The molecule has 5 rings (SSSR count). The number of carbonyl (C=O) groups is 2. The van der Waals surface area contributed by atoms with Crippen LogP contribution in [0.5, 0.6) is 5.75 Å². The minimum absolute atomic E-state index is 0.0183. The van der Waals surface area contributed by atoms with Crippen LogP contribution in [-0.2, 0) is 14.3 Å². The van der Waals surface area contributed by atoms with Crippen molar-refractivity contribution < 1.29 is 29.5 Å². The quantitative estimate of drug-likeness (QED) is 0.371. The van der Waals surface area contributed by atoms with Crippen LogP contribution >= 0.6 is 0 Å². The summed E-state index contributed by atoms with van der Waals surface area (Å²) in [6.07, 6.45) is 0.116. The molecule has 0 radical (unpaired) electrons. The predicted octanol–water partition coefficient (Wildman–Crippen LogP) is 4.17. The van der Waals surface area contributed by atoms with Crippen LogP contribution in [0.4, 0.5) is 11.4 Å². The summed E-state index contributed by atoms with van der Waals surface area (Å²) in [6.45, 7) is 7.52.